The molecule has 0 aliphatic heterocycles. The molecule has 0 bridgehead atoms. The van der Waals surface area contributed by atoms with Gasteiger partial charge in [-0.3, -0.25) is 4.79 Å². The first-order chi connectivity index (χ1) is 12.1. The van der Waals surface area contributed by atoms with Gasteiger partial charge in [0.15, 0.2) is 0 Å². The van der Waals surface area contributed by atoms with Crippen LogP contribution in [0.4, 0.5) is 5.69 Å². The molecule has 0 saturated carbocycles. The Morgan fingerprint density at radius 2 is 1.76 bits per heavy atom. The number of nitrogens with zero attached hydrogens (tertiary/aromatic N) is 2. The average Bonchev–Trinajstić information content (AvgIpc) is 3.11. The van der Waals surface area contributed by atoms with E-state index >= 15 is 0 Å². The van der Waals surface area contributed by atoms with Crippen LogP contribution in [-0.4, -0.2) is 16.1 Å². The molecule has 3 aromatic rings. The lowest BCUT2D eigenvalue weighted by Gasteiger charge is -2.09. The van der Waals surface area contributed by atoms with Gasteiger partial charge in [0.05, 0.1) is 0 Å². The standard InChI is InChI=1S/C20H21N3O2/c1-4-14(3)18(24)21-17-10-8-15(9-11-17)19-22-23-20(25-19)16-7-5-6-13(2)12-16/h5-12,14H,4H2,1-3H3,(H,21,24)/t14-/m1/s1. The Morgan fingerprint density at radius 1 is 1.08 bits per heavy atom. The number of aromatic nitrogens is 2. The summed E-state index contributed by atoms with van der Waals surface area (Å²) in [7, 11) is 0. The van der Waals surface area contributed by atoms with Crippen molar-refractivity contribution in [3.05, 3.63) is 54.1 Å². The number of carbonyl (C=O) groups excluding carboxylic acids is 1. The molecular weight excluding hydrogens is 314 g/mol. The summed E-state index contributed by atoms with van der Waals surface area (Å²) < 4.78 is 5.78. The summed E-state index contributed by atoms with van der Waals surface area (Å²) in [5.41, 5.74) is 3.61. The molecule has 5 heteroatoms. The lowest BCUT2D eigenvalue weighted by molar-refractivity contribution is -0.119. The van der Waals surface area contributed by atoms with E-state index in [-0.39, 0.29) is 11.8 Å². The second-order valence-electron chi connectivity index (χ2n) is 6.16. The molecule has 2 aromatic carbocycles. The Kier molecular flexibility index (Phi) is 4.93. The number of benzene rings is 2. The highest BCUT2D eigenvalue weighted by Crippen LogP contribution is 2.25. The van der Waals surface area contributed by atoms with Gasteiger partial charge < -0.3 is 9.73 Å². The molecule has 0 saturated heterocycles. The van der Waals surface area contributed by atoms with E-state index in [9.17, 15) is 4.79 Å². The fraction of sp³-hybridized carbons (Fsp3) is 0.250. The first-order valence-electron chi connectivity index (χ1n) is 8.38. The number of hydrogen-bond donors (Lipinski definition) is 1. The minimum absolute atomic E-state index is 0.00694. The summed E-state index contributed by atoms with van der Waals surface area (Å²) in [6.45, 7) is 5.93. The second-order valence-corrected chi connectivity index (χ2v) is 6.16. The van der Waals surface area contributed by atoms with Crippen LogP contribution in [0.5, 0.6) is 0 Å². The number of hydrogen-bond acceptors (Lipinski definition) is 4. The topological polar surface area (TPSA) is 68.0 Å². The van der Waals surface area contributed by atoms with Gasteiger partial charge in [0.1, 0.15) is 0 Å². The third-order valence-corrected chi connectivity index (χ3v) is 4.15. The van der Waals surface area contributed by atoms with Crippen LogP contribution in [0.1, 0.15) is 25.8 Å². The van der Waals surface area contributed by atoms with Gasteiger partial charge in [0.25, 0.3) is 0 Å². The second kappa shape index (κ2) is 7.30. The highest BCUT2D eigenvalue weighted by Gasteiger charge is 2.12. The maximum absolute atomic E-state index is 11.9. The van der Waals surface area contributed by atoms with E-state index in [4.69, 9.17) is 4.42 Å². The van der Waals surface area contributed by atoms with E-state index in [1.807, 2.05) is 69.3 Å². The minimum Gasteiger partial charge on any atom is -0.416 e. The molecule has 1 atom stereocenters. The van der Waals surface area contributed by atoms with Gasteiger partial charge in [-0.15, -0.1) is 10.2 Å². The van der Waals surface area contributed by atoms with Crippen LogP contribution in [0.25, 0.3) is 22.9 Å². The van der Waals surface area contributed by atoms with E-state index in [0.717, 1.165) is 28.8 Å². The van der Waals surface area contributed by atoms with E-state index in [1.165, 1.54) is 0 Å². The first kappa shape index (κ1) is 16.9. The molecule has 25 heavy (non-hydrogen) atoms. The van der Waals surface area contributed by atoms with Crippen molar-refractivity contribution in [2.75, 3.05) is 5.32 Å². The lowest BCUT2D eigenvalue weighted by atomic mass is 10.1. The summed E-state index contributed by atoms with van der Waals surface area (Å²) in [5.74, 6) is 0.964. The fourth-order valence-corrected chi connectivity index (χ4v) is 2.38. The SMILES string of the molecule is CC[C@@H](C)C(=O)Nc1ccc(-c2nnc(-c3cccc(C)c3)o2)cc1. The van der Waals surface area contributed by atoms with Crippen molar-refractivity contribution in [3.8, 4) is 22.9 Å². The van der Waals surface area contributed by atoms with Crippen molar-refractivity contribution in [2.24, 2.45) is 5.92 Å². The van der Waals surface area contributed by atoms with Gasteiger partial charge in [-0.2, -0.15) is 0 Å². The van der Waals surface area contributed by atoms with Gasteiger partial charge in [-0.05, 0) is 49.7 Å². The maximum atomic E-state index is 11.9. The van der Waals surface area contributed by atoms with Crippen LogP contribution in [0.15, 0.2) is 52.9 Å². The van der Waals surface area contributed by atoms with Gasteiger partial charge in [0, 0.05) is 22.7 Å². The van der Waals surface area contributed by atoms with Gasteiger partial charge in [-0.1, -0.05) is 31.5 Å². The molecule has 0 unspecified atom stereocenters. The molecule has 1 heterocycles. The van der Waals surface area contributed by atoms with E-state index in [0.29, 0.717) is 11.8 Å². The molecule has 0 fully saturated rings. The molecule has 0 radical (unpaired) electrons. The third-order valence-electron chi connectivity index (χ3n) is 4.15. The molecule has 128 valence electrons. The smallest absolute Gasteiger partial charge is 0.248 e. The number of rotatable bonds is 5. The van der Waals surface area contributed by atoms with Crippen LogP contribution in [-0.2, 0) is 4.79 Å². The van der Waals surface area contributed by atoms with E-state index in [1.54, 1.807) is 0 Å². The van der Waals surface area contributed by atoms with Crippen molar-refractivity contribution in [1.82, 2.24) is 10.2 Å². The summed E-state index contributed by atoms with van der Waals surface area (Å²) in [6, 6.07) is 15.3. The molecule has 0 spiro atoms. The lowest BCUT2D eigenvalue weighted by Crippen LogP contribution is -2.19. The number of anilines is 1. The Hall–Kier alpha value is -2.95. The van der Waals surface area contributed by atoms with Gasteiger partial charge >= 0.3 is 0 Å². The van der Waals surface area contributed by atoms with Crippen LogP contribution >= 0.6 is 0 Å². The zero-order valence-corrected chi connectivity index (χ0v) is 14.6. The molecule has 1 amide bonds. The van der Waals surface area contributed by atoms with Crippen LogP contribution in [0.2, 0.25) is 0 Å². The number of carbonyl (C=O) groups is 1. The largest absolute Gasteiger partial charge is 0.416 e. The van der Waals surface area contributed by atoms with Crippen LogP contribution in [0, 0.1) is 12.8 Å². The number of amides is 1. The van der Waals surface area contributed by atoms with Crippen molar-refractivity contribution < 1.29 is 9.21 Å². The first-order valence-corrected chi connectivity index (χ1v) is 8.38. The summed E-state index contributed by atoms with van der Waals surface area (Å²) in [4.78, 5) is 11.9. The third kappa shape index (κ3) is 3.94. The van der Waals surface area contributed by atoms with Crippen LogP contribution < -0.4 is 5.32 Å². The maximum Gasteiger partial charge on any atom is 0.248 e. The normalized spacial score (nSPS) is 12.0. The highest BCUT2D eigenvalue weighted by molar-refractivity contribution is 5.92. The average molecular weight is 335 g/mol. The Morgan fingerprint density at radius 3 is 2.40 bits per heavy atom. The molecule has 5 nitrogen and oxygen atoms in total. The van der Waals surface area contributed by atoms with Crippen molar-refractivity contribution >= 4 is 11.6 Å². The Bertz CT molecular complexity index is 869. The summed E-state index contributed by atoms with van der Waals surface area (Å²) >= 11 is 0. The molecule has 3 rings (SSSR count). The predicted molar refractivity (Wildman–Crippen MR) is 98.0 cm³/mol. The van der Waals surface area contributed by atoms with Crippen molar-refractivity contribution in [1.29, 1.82) is 0 Å². The highest BCUT2D eigenvalue weighted by atomic mass is 16.4. The van der Waals surface area contributed by atoms with Gasteiger partial charge in [0.2, 0.25) is 17.7 Å². The molecule has 1 N–H and O–H groups in total. The monoisotopic (exact) mass is 335 g/mol. The Labute approximate surface area is 147 Å². The van der Waals surface area contributed by atoms with Crippen LogP contribution in [0.3, 0.4) is 0 Å². The molecular formula is C20H21N3O2. The number of aryl methyl sites for hydroxylation is 1. The quantitative estimate of drug-likeness (QED) is 0.734. The van der Waals surface area contributed by atoms with Crippen molar-refractivity contribution in [2.45, 2.75) is 27.2 Å². The Balaban J connectivity index is 1.76. The molecule has 0 aliphatic carbocycles. The summed E-state index contributed by atoms with van der Waals surface area (Å²) in [6.07, 6.45) is 0.813. The predicted octanol–water partition coefficient (Wildman–Crippen LogP) is 4.70. The molecule has 0 aliphatic rings. The summed E-state index contributed by atoms with van der Waals surface area (Å²) in [5, 5.41) is 11.1. The zero-order chi connectivity index (χ0) is 17.8. The van der Waals surface area contributed by atoms with Crippen molar-refractivity contribution in [3.63, 3.8) is 0 Å². The minimum atomic E-state index is -0.00694. The molecule has 1 aromatic heterocycles. The zero-order valence-electron chi connectivity index (χ0n) is 14.6. The van der Waals surface area contributed by atoms with E-state index in [2.05, 4.69) is 15.5 Å². The van der Waals surface area contributed by atoms with E-state index < -0.39 is 0 Å². The van der Waals surface area contributed by atoms with Gasteiger partial charge in [-0.25, -0.2) is 0 Å². The number of nitrogens with one attached hydrogen (secondary N) is 1. The fourth-order valence-electron chi connectivity index (χ4n) is 2.38.